The zero-order chi connectivity index (χ0) is 36.3. The van der Waals surface area contributed by atoms with E-state index in [0.717, 1.165) is 11.4 Å². The van der Waals surface area contributed by atoms with Gasteiger partial charge >= 0.3 is 0 Å². The first kappa shape index (κ1) is 32.0. The number of thiophene rings is 2. The molecule has 0 amide bonds. The van der Waals surface area contributed by atoms with Crippen molar-refractivity contribution in [2.45, 2.75) is 0 Å². The van der Waals surface area contributed by atoms with Crippen molar-refractivity contribution in [1.82, 2.24) is 0 Å². The molecule has 3 heteroatoms. The maximum Gasteiger partial charge on any atom is 0.0554 e. The van der Waals surface area contributed by atoms with Gasteiger partial charge in [-0.2, -0.15) is 0 Å². The Morgan fingerprint density at radius 1 is 0.327 bits per heavy atom. The molecular weight excluding hydrogens is 703 g/mol. The standard InChI is InChI=1S/C52H33NS2/c1-2-13-35(14-3-1)46-33-38(31-32-41(46)43-21-11-22-44-42-18-6-8-24-48(42)55-52(43)44)53(47-23-12-26-50-51(47)45-19-7-9-25-49(45)54-50)37-29-27-36(28-30-37)40-20-10-16-34-15-4-5-17-39(34)40/h1-33H. The van der Waals surface area contributed by atoms with E-state index in [4.69, 9.17) is 0 Å². The van der Waals surface area contributed by atoms with E-state index in [9.17, 15) is 0 Å². The zero-order valence-corrected chi connectivity index (χ0v) is 31.4. The van der Waals surface area contributed by atoms with Gasteiger partial charge in [-0.05, 0) is 87.1 Å². The summed E-state index contributed by atoms with van der Waals surface area (Å²) in [4.78, 5) is 2.46. The van der Waals surface area contributed by atoms with Gasteiger partial charge in [0.25, 0.3) is 0 Å². The van der Waals surface area contributed by atoms with Gasteiger partial charge in [0.2, 0.25) is 0 Å². The van der Waals surface area contributed by atoms with E-state index >= 15 is 0 Å². The average molecular weight is 736 g/mol. The van der Waals surface area contributed by atoms with Gasteiger partial charge in [-0.15, -0.1) is 22.7 Å². The van der Waals surface area contributed by atoms with Crippen LogP contribution < -0.4 is 4.90 Å². The van der Waals surface area contributed by atoms with Crippen molar-refractivity contribution in [3.63, 3.8) is 0 Å². The molecule has 55 heavy (non-hydrogen) atoms. The number of rotatable bonds is 6. The highest BCUT2D eigenvalue weighted by Crippen LogP contribution is 2.48. The molecule has 0 aliphatic heterocycles. The van der Waals surface area contributed by atoms with Crippen LogP contribution in [0.3, 0.4) is 0 Å². The van der Waals surface area contributed by atoms with Crippen LogP contribution in [0.1, 0.15) is 0 Å². The first-order valence-corrected chi connectivity index (χ1v) is 20.3. The SMILES string of the molecule is c1ccc(-c2cc(N(c3ccc(-c4cccc5ccccc45)cc3)c3cccc4sc5ccccc5c34)ccc2-c2cccc3c2sc2ccccc23)cc1. The molecule has 0 fully saturated rings. The largest absolute Gasteiger partial charge is 0.310 e. The van der Waals surface area contributed by atoms with E-state index < -0.39 is 0 Å². The molecule has 0 spiro atoms. The highest BCUT2D eigenvalue weighted by molar-refractivity contribution is 7.26. The van der Waals surface area contributed by atoms with Crippen molar-refractivity contribution in [2.75, 3.05) is 4.90 Å². The molecule has 9 aromatic carbocycles. The fraction of sp³-hybridized carbons (Fsp3) is 0. The van der Waals surface area contributed by atoms with E-state index in [-0.39, 0.29) is 0 Å². The van der Waals surface area contributed by atoms with E-state index in [1.54, 1.807) is 0 Å². The summed E-state index contributed by atoms with van der Waals surface area (Å²) in [6, 6.07) is 73.4. The lowest BCUT2D eigenvalue weighted by Gasteiger charge is -2.28. The summed E-state index contributed by atoms with van der Waals surface area (Å²) >= 11 is 3.75. The third-order valence-electron chi connectivity index (χ3n) is 10.9. The van der Waals surface area contributed by atoms with Crippen molar-refractivity contribution < 1.29 is 0 Å². The van der Waals surface area contributed by atoms with Gasteiger partial charge in [-0.25, -0.2) is 0 Å². The Bertz CT molecular complexity index is 3200. The number of hydrogen-bond acceptors (Lipinski definition) is 3. The molecule has 1 nitrogen and oxygen atoms in total. The Hall–Kier alpha value is -6.52. The van der Waals surface area contributed by atoms with Crippen LogP contribution in [0.2, 0.25) is 0 Å². The number of nitrogens with zero attached hydrogens (tertiary/aromatic N) is 1. The van der Waals surface area contributed by atoms with E-state index in [1.807, 2.05) is 22.7 Å². The molecule has 0 aliphatic carbocycles. The summed E-state index contributed by atoms with van der Waals surface area (Å²) < 4.78 is 5.22. The predicted molar refractivity (Wildman–Crippen MR) is 241 cm³/mol. The molecule has 0 N–H and O–H groups in total. The third kappa shape index (κ3) is 5.35. The Kier molecular flexibility index (Phi) is 7.61. The molecule has 0 saturated carbocycles. The van der Waals surface area contributed by atoms with Gasteiger partial charge in [0.1, 0.15) is 0 Å². The van der Waals surface area contributed by atoms with E-state index in [2.05, 4.69) is 205 Å². The number of benzene rings is 9. The molecule has 258 valence electrons. The fourth-order valence-corrected chi connectivity index (χ4v) is 10.7. The second kappa shape index (κ2) is 13.1. The lowest BCUT2D eigenvalue weighted by Crippen LogP contribution is -2.10. The Balaban J connectivity index is 1.15. The highest BCUT2D eigenvalue weighted by atomic mass is 32.1. The van der Waals surface area contributed by atoms with Crippen LogP contribution in [0.15, 0.2) is 200 Å². The summed E-state index contributed by atoms with van der Waals surface area (Å²) in [7, 11) is 0. The molecule has 2 heterocycles. The van der Waals surface area contributed by atoms with Crippen molar-refractivity contribution >= 4 is 90.9 Å². The van der Waals surface area contributed by atoms with Crippen molar-refractivity contribution in [3.05, 3.63) is 200 Å². The first-order valence-electron chi connectivity index (χ1n) is 18.7. The van der Waals surface area contributed by atoms with Crippen LogP contribution in [0.5, 0.6) is 0 Å². The minimum absolute atomic E-state index is 1.12. The average Bonchev–Trinajstić information content (AvgIpc) is 3.83. The molecule has 0 aliphatic rings. The molecular formula is C52H33NS2. The molecule has 0 radical (unpaired) electrons. The highest BCUT2D eigenvalue weighted by Gasteiger charge is 2.21. The summed E-state index contributed by atoms with van der Waals surface area (Å²) in [6.07, 6.45) is 0. The molecule has 0 bridgehead atoms. The van der Waals surface area contributed by atoms with Gasteiger partial charge < -0.3 is 4.90 Å². The van der Waals surface area contributed by atoms with Crippen LogP contribution in [-0.4, -0.2) is 0 Å². The lowest BCUT2D eigenvalue weighted by molar-refractivity contribution is 1.30. The van der Waals surface area contributed by atoms with Crippen molar-refractivity contribution in [3.8, 4) is 33.4 Å². The summed E-state index contributed by atoms with van der Waals surface area (Å²) in [5.74, 6) is 0. The van der Waals surface area contributed by atoms with E-state index in [0.29, 0.717) is 0 Å². The maximum absolute atomic E-state index is 2.46. The summed E-state index contributed by atoms with van der Waals surface area (Å²) in [5.41, 5.74) is 10.8. The molecule has 11 rings (SSSR count). The Morgan fingerprint density at radius 3 is 1.78 bits per heavy atom. The molecule has 0 saturated heterocycles. The van der Waals surface area contributed by atoms with Gasteiger partial charge in [0, 0.05) is 57.3 Å². The molecule has 11 aromatic rings. The number of anilines is 3. The number of hydrogen-bond donors (Lipinski definition) is 0. The van der Waals surface area contributed by atoms with Crippen LogP contribution in [0.25, 0.3) is 84.5 Å². The molecule has 0 unspecified atom stereocenters. The lowest BCUT2D eigenvalue weighted by atomic mass is 9.92. The first-order chi connectivity index (χ1) is 27.3. The van der Waals surface area contributed by atoms with Crippen molar-refractivity contribution in [1.29, 1.82) is 0 Å². The maximum atomic E-state index is 2.46. The predicted octanol–water partition coefficient (Wildman–Crippen LogP) is 16.0. The van der Waals surface area contributed by atoms with Crippen LogP contribution in [0.4, 0.5) is 17.1 Å². The third-order valence-corrected chi connectivity index (χ3v) is 13.2. The van der Waals surface area contributed by atoms with Crippen molar-refractivity contribution in [2.24, 2.45) is 0 Å². The Labute approximate surface area is 327 Å². The Morgan fingerprint density at radius 2 is 0.927 bits per heavy atom. The zero-order valence-electron chi connectivity index (χ0n) is 29.8. The van der Waals surface area contributed by atoms with Crippen LogP contribution >= 0.6 is 22.7 Å². The van der Waals surface area contributed by atoms with Gasteiger partial charge in [-0.1, -0.05) is 152 Å². The minimum atomic E-state index is 1.12. The van der Waals surface area contributed by atoms with Crippen LogP contribution in [0, 0.1) is 0 Å². The second-order valence-corrected chi connectivity index (χ2v) is 16.2. The molecule has 0 atom stereocenters. The summed E-state index contributed by atoms with van der Waals surface area (Å²) in [6.45, 7) is 0. The van der Waals surface area contributed by atoms with Gasteiger partial charge in [0.05, 0.1) is 5.69 Å². The monoisotopic (exact) mass is 735 g/mol. The van der Waals surface area contributed by atoms with Crippen LogP contribution in [-0.2, 0) is 0 Å². The van der Waals surface area contributed by atoms with Gasteiger partial charge in [0.15, 0.2) is 0 Å². The van der Waals surface area contributed by atoms with E-state index in [1.165, 1.54) is 90.2 Å². The van der Waals surface area contributed by atoms with Gasteiger partial charge in [-0.3, -0.25) is 0 Å². The fourth-order valence-electron chi connectivity index (χ4n) is 8.36. The molecule has 2 aromatic heterocycles. The topological polar surface area (TPSA) is 3.24 Å². The quantitative estimate of drug-likeness (QED) is 0.164. The second-order valence-electron chi connectivity index (χ2n) is 14.0. The summed E-state index contributed by atoms with van der Waals surface area (Å²) in [5, 5.41) is 7.71. The normalized spacial score (nSPS) is 11.6. The minimum Gasteiger partial charge on any atom is -0.310 e. The number of fused-ring (bicyclic) bond motifs is 7. The smallest absolute Gasteiger partial charge is 0.0554 e.